The van der Waals surface area contributed by atoms with Gasteiger partial charge in [0, 0.05) is 6.04 Å². The van der Waals surface area contributed by atoms with Gasteiger partial charge in [0.15, 0.2) is 11.5 Å². The molecule has 0 bridgehead atoms. The summed E-state index contributed by atoms with van der Waals surface area (Å²) in [4.78, 5) is 0. The molecule has 0 unspecified atom stereocenters. The Balaban J connectivity index is 0.00000256. The molecule has 0 radical (unpaired) electrons. The Labute approximate surface area is 109 Å². The molecule has 1 aromatic rings. The van der Waals surface area contributed by atoms with Crippen molar-refractivity contribution in [2.45, 2.75) is 33.7 Å². The molecular weight excluding hydrogens is 238 g/mol. The third-order valence-electron chi connectivity index (χ3n) is 2.58. The number of hydrogen-bond acceptors (Lipinski definition) is 3. The van der Waals surface area contributed by atoms with Crippen molar-refractivity contribution in [3.05, 3.63) is 23.8 Å². The van der Waals surface area contributed by atoms with Gasteiger partial charge in [0.1, 0.15) is 0 Å². The van der Waals surface area contributed by atoms with Gasteiger partial charge < -0.3 is 15.6 Å². The first-order valence-electron chi connectivity index (χ1n) is 5.57. The highest BCUT2D eigenvalue weighted by Crippen LogP contribution is 2.35. The number of halogens is 1. The molecule has 0 aliphatic rings. The maximum absolute atomic E-state index is 9.58. The quantitative estimate of drug-likeness (QED) is 0.876. The average Bonchev–Trinajstić information content (AvgIpc) is 2.19. The van der Waals surface area contributed by atoms with Crippen molar-refractivity contribution in [1.82, 2.24) is 0 Å². The topological polar surface area (TPSA) is 55.5 Å². The summed E-state index contributed by atoms with van der Waals surface area (Å²) in [6.07, 6.45) is 0. The van der Waals surface area contributed by atoms with Gasteiger partial charge in [-0.15, -0.1) is 12.4 Å². The van der Waals surface area contributed by atoms with Crippen LogP contribution < -0.4 is 10.5 Å². The molecule has 0 fully saturated rings. The van der Waals surface area contributed by atoms with Crippen molar-refractivity contribution in [3.63, 3.8) is 0 Å². The van der Waals surface area contributed by atoms with Crippen molar-refractivity contribution in [2.75, 3.05) is 6.61 Å². The van der Waals surface area contributed by atoms with Crippen LogP contribution in [0.15, 0.2) is 18.2 Å². The first-order chi connectivity index (χ1) is 7.36. The summed E-state index contributed by atoms with van der Waals surface area (Å²) in [6, 6.07) is 5.21. The van der Waals surface area contributed by atoms with Gasteiger partial charge in [-0.25, -0.2) is 0 Å². The second kappa shape index (κ2) is 6.12. The molecule has 1 atom stereocenters. The minimum atomic E-state index is -0.0766. The molecule has 3 nitrogen and oxygen atoms in total. The average molecular weight is 260 g/mol. The number of nitrogens with two attached hydrogens (primary N) is 1. The van der Waals surface area contributed by atoms with E-state index in [9.17, 15) is 5.11 Å². The van der Waals surface area contributed by atoms with Gasteiger partial charge >= 0.3 is 0 Å². The molecule has 0 heterocycles. The molecular formula is C13H22ClNO2. The van der Waals surface area contributed by atoms with E-state index in [0.717, 1.165) is 5.56 Å². The summed E-state index contributed by atoms with van der Waals surface area (Å²) in [7, 11) is 0. The third kappa shape index (κ3) is 4.10. The fourth-order valence-electron chi connectivity index (χ4n) is 1.50. The largest absolute Gasteiger partial charge is 0.504 e. The zero-order valence-corrected chi connectivity index (χ0v) is 11.7. The van der Waals surface area contributed by atoms with Crippen LogP contribution in [0.4, 0.5) is 0 Å². The summed E-state index contributed by atoms with van der Waals surface area (Å²) in [5.41, 5.74) is 7.12. The highest BCUT2D eigenvalue weighted by molar-refractivity contribution is 5.85. The molecule has 98 valence electrons. The molecule has 4 heteroatoms. The first kappa shape index (κ1) is 16.1. The SMILES string of the molecule is CCOc1cc([C@H](N)C(C)(C)C)ccc1O.Cl. The molecule has 1 rings (SSSR count). The van der Waals surface area contributed by atoms with Crippen molar-refractivity contribution < 1.29 is 9.84 Å². The fraction of sp³-hybridized carbons (Fsp3) is 0.538. The second-order valence-corrected chi connectivity index (χ2v) is 5.00. The third-order valence-corrected chi connectivity index (χ3v) is 2.58. The minimum absolute atomic E-state index is 0. The Hall–Kier alpha value is -0.930. The monoisotopic (exact) mass is 259 g/mol. The van der Waals surface area contributed by atoms with Gasteiger partial charge in [0.05, 0.1) is 6.61 Å². The van der Waals surface area contributed by atoms with Gasteiger partial charge in [-0.1, -0.05) is 26.8 Å². The molecule has 0 spiro atoms. The van der Waals surface area contributed by atoms with Crippen molar-refractivity contribution >= 4 is 12.4 Å². The van der Waals surface area contributed by atoms with Gasteiger partial charge in [0.2, 0.25) is 0 Å². The summed E-state index contributed by atoms with van der Waals surface area (Å²) < 4.78 is 5.33. The van der Waals surface area contributed by atoms with Crippen molar-refractivity contribution in [2.24, 2.45) is 11.1 Å². The van der Waals surface area contributed by atoms with Gasteiger partial charge in [-0.3, -0.25) is 0 Å². The number of ether oxygens (including phenoxy) is 1. The Morgan fingerprint density at radius 2 is 1.94 bits per heavy atom. The van der Waals surface area contributed by atoms with Gasteiger partial charge in [0.25, 0.3) is 0 Å². The van der Waals surface area contributed by atoms with Crippen LogP contribution in [0, 0.1) is 5.41 Å². The zero-order valence-electron chi connectivity index (χ0n) is 10.9. The Morgan fingerprint density at radius 3 is 2.41 bits per heavy atom. The number of phenols is 1. The molecule has 3 N–H and O–H groups in total. The maximum Gasteiger partial charge on any atom is 0.161 e. The maximum atomic E-state index is 9.58. The first-order valence-corrected chi connectivity index (χ1v) is 5.57. The highest BCUT2D eigenvalue weighted by Gasteiger charge is 2.23. The van der Waals surface area contributed by atoms with E-state index in [0.29, 0.717) is 12.4 Å². The molecule has 0 aliphatic heterocycles. The van der Waals surface area contributed by atoms with E-state index in [4.69, 9.17) is 10.5 Å². The summed E-state index contributed by atoms with van der Waals surface area (Å²) in [5.74, 6) is 0.659. The van der Waals surface area contributed by atoms with E-state index in [1.165, 1.54) is 0 Å². The van der Waals surface area contributed by atoms with Crippen LogP contribution in [-0.4, -0.2) is 11.7 Å². The molecule has 17 heavy (non-hydrogen) atoms. The lowest BCUT2D eigenvalue weighted by Crippen LogP contribution is -2.26. The predicted molar refractivity (Wildman–Crippen MR) is 72.9 cm³/mol. The lowest BCUT2D eigenvalue weighted by molar-refractivity contribution is 0.309. The standard InChI is InChI=1S/C13H21NO2.ClH/c1-5-16-11-8-9(6-7-10(11)15)12(14)13(2,3)4;/h6-8,12,15H,5,14H2,1-4H3;1H/t12-;/m0./s1. The Morgan fingerprint density at radius 1 is 1.35 bits per heavy atom. The van der Waals surface area contributed by atoms with E-state index < -0.39 is 0 Å². The van der Waals surface area contributed by atoms with Gasteiger partial charge in [-0.2, -0.15) is 0 Å². The van der Waals surface area contributed by atoms with E-state index in [-0.39, 0.29) is 29.6 Å². The van der Waals surface area contributed by atoms with Crippen LogP contribution in [0.3, 0.4) is 0 Å². The predicted octanol–water partition coefficient (Wildman–Crippen LogP) is 3.26. The normalized spacial score (nSPS) is 12.8. The Bertz CT molecular complexity index is 361. The number of benzene rings is 1. The van der Waals surface area contributed by atoms with Gasteiger partial charge in [-0.05, 0) is 30.0 Å². The summed E-state index contributed by atoms with van der Waals surface area (Å²) >= 11 is 0. The highest BCUT2D eigenvalue weighted by atomic mass is 35.5. The van der Waals surface area contributed by atoms with Crippen LogP contribution in [0.25, 0.3) is 0 Å². The van der Waals surface area contributed by atoms with Crippen LogP contribution in [0.5, 0.6) is 11.5 Å². The summed E-state index contributed by atoms with van der Waals surface area (Å²) in [5, 5.41) is 9.58. The number of hydrogen-bond donors (Lipinski definition) is 2. The lowest BCUT2D eigenvalue weighted by atomic mass is 9.83. The minimum Gasteiger partial charge on any atom is -0.504 e. The number of phenolic OH excluding ortho intramolecular Hbond substituents is 1. The molecule has 0 amide bonds. The molecule has 1 aromatic carbocycles. The van der Waals surface area contributed by atoms with Crippen LogP contribution in [0.2, 0.25) is 0 Å². The number of aromatic hydroxyl groups is 1. The van der Waals surface area contributed by atoms with Crippen molar-refractivity contribution in [1.29, 1.82) is 0 Å². The van der Waals surface area contributed by atoms with E-state index in [1.54, 1.807) is 6.07 Å². The number of rotatable bonds is 3. The van der Waals surface area contributed by atoms with Crippen LogP contribution in [0.1, 0.15) is 39.3 Å². The molecule has 0 saturated carbocycles. The zero-order chi connectivity index (χ0) is 12.3. The summed E-state index contributed by atoms with van der Waals surface area (Å²) in [6.45, 7) is 8.68. The smallest absolute Gasteiger partial charge is 0.161 e. The molecule has 0 saturated heterocycles. The van der Waals surface area contributed by atoms with E-state index in [2.05, 4.69) is 20.8 Å². The van der Waals surface area contributed by atoms with Crippen LogP contribution >= 0.6 is 12.4 Å². The molecule has 0 aliphatic carbocycles. The van der Waals surface area contributed by atoms with E-state index in [1.807, 2.05) is 19.1 Å². The Kier molecular flexibility index (Phi) is 5.79. The lowest BCUT2D eigenvalue weighted by Gasteiger charge is -2.27. The second-order valence-electron chi connectivity index (χ2n) is 5.00. The van der Waals surface area contributed by atoms with Crippen LogP contribution in [-0.2, 0) is 0 Å². The molecule has 0 aromatic heterocycles. The van der Waals surface area contributed by atoms with E-state index >= 15 is 0 Å². The fourth-order valence-corrected chi connectivity index (χ4v) is 1.50. The van der Waals surface area contributed by atoms with Crippen molar-refractivity contribution in [3.8, 4) is 11.5 Å².